The lowest BCUT2D eigenvalue weighted by Gasteiger charge is -2.30. The second-order valence-electron chi connectivity index (χ2n) is 4.56. The fraction of sp³-hybridized carbons (Fsp3) is 0.833. The van der Waals surface area contributed by atoms with Crippen molar-refractivity contribution in [3.8, 4) is 0 Å². The second-order valence-corrected chi connectivity index (χ2v) is 4.56. The molecule has 6 heteroatoms. The Balaban J connectivity index is 2.21. The quantitative estimate of drug-likeness (QED) is 0.760. The minimum Gasteiger partial charge on any atom is -0.465 e. The Kier molecular flexibility index (Phi) is 5.91. The summed E-state index contributed by atoms with van der Waals surface area (Å²) in [4.78, 5) is 28.9. The summed E-state index contributed by atoms with van der Waals surface area (Å²) in [5.41, 5.74) is 0. The molecule has 0 saturated carbocycles. The van der Waals surface area contributed by atoms with Crippen molar-refractivity contribution >= 4 is 12.0 Å². The van der Waals surface area contributed by atoms with Crippen molar-refractivity contribution in [3.63, 3.8) is 0 Å². The number of hydrogen-bond acceptors (Lipinski definition) is 3. The van der Waals surface area contributed by atoms with E-state index in [2.05, 4.69) is 0 Å². The molecule has 1 N–H and O–H groups in total. The van der Waals surface area contributed by atoms with Gasteiger partial charge in [-0.2, -0.15) is 0 Å². The molecule has 2 amide bonds. The average Bonchev–Trinajstić information content (AvgIpc) is 2.36. The van der Waals surface area contributed by atoms with Gasteiger partial charge in [0.2, 0.25) is 5.91 Å². The molecule has 1 fully saturated rings. The van der Waals surface area contributed by atoms with Crippen molar-refractivity contribution in [2.24, 2.45) is 5.92 Å². The minimum atomic E-state index is -0.847. The number of piperidine rings is 1. The van der Waals surface area contributed by atoms with Gasteiger partial charge in [0.15, 0.2) is 0 Å². The van der Waals surface area contributed by atoms with Crippen molar-refractivity contribution in [2.45, 2.75) is 32.6 Å². The molecule has 0 bridgehead atoms. The lowest BCUT2D eigenvalue weighted by molar-refractivity contribution is -0.176. The van der Waals surface area contributed by atoms with E-state index in [1.165, 1.54) is 9.96 Å². The number of carboxylic acid groups (broad SMARTS) is 1. The third kappa shape index (κ3) is 4.52. The molecular formula is C12H22N2O4. The third-order valence-electron chi connectivity index (χ3n) is 3.33. The molecule has 1 aliphatic heterocycles. The van der Waals surface area contributed by atoms with Crippen LogP contribution in [-0.2, 0) is 9.63 Å². The predicted octanol–water partition coefficient (Wildman–Crippen LogP) is 1.57. The molecule has 0 aromatic heterocycles. The van der Waals surface area contributed by atoms with E-state index in [1.807, 2.05) is 6.92 Å². The van der Waals surface area contributed by atoms with Crippen LogP contribution in [0.2, 0.25) is 0 Å². The Hall–Kier alpha value is -1.30. The van der Waals surface area contributed by atoms with E-state index in [1.54, 1.807) is 7.05 Å². The molecule has 1 saturated heterocycles. The summed E-state index contributed by atoms with van der Waals surface area (Å²) >= 11 is 0. The summed E-state index contributed by atoms with van der Waals surface area (Å²) in [5.74, 6) is 0.428. The number of hydrogen-bond donors (Lipinski definition) is 1. The van der Waals surface area contributed by atoms with Crippen molar-refractivity contribution < 1.29 is 19.5 Å². The molecule has 6 nitrogen and oxygen atoms in total. The third-order valence-corrected chi connectivity index (χ3v) is 3.33. The number of hydroxylamine groups is 2. The van der Waals surface area contributed by atoms with E-state index in [4.69, 9.17) is 9.94 Å². The smallest absolute Gasteiger partial charge is 0.407 e. The number of nitrogens with zero attached hydrogens (tertiary/aromatic N) is 2. The van der Waals surface area contributed by atoms with Crippen LogP contribution in [0.4, 0.5) is 4.79 Å². The fourth-order valence-electron chi connectivity index (χ4n) is 2.16. The standard InChI is InChI=1S/C12H22N2O4/c1-3-18-13(2)11(15)5-4-10-6-8-14(9-7-10)12(16)17/h10H,3-9H2,1-2H3,(H,16,17). The highest BCUT2D eigenvalue weighted by Gasteiger charge is 2.23. The van der Waals surface area contributed by atoms with Gasteiger partial charge in [-0.1, -0.05) is 0 Å². The number of rotatable bonds is 5. The monoisotopic (exact) mass is 258 g/mol. The second kappa shape index (κ2) is 7.20. The first-order valence-corrected chi connectivity index (χ1v) is 6.42. The van der Waals surface area contributed by atoms with Crippen LogP contribution in [0.3, 0.4) is 0 Å². The highest BCUT2D eigenvalue weighted by molar-refractivity contribution is 5.74. The van der Waals surface area contributed by atoms with Gasteiger partial charge in [0, 0.05) is 26.6 Å². The SMILES string of the molecule is CCON(C)C(=O)CCC1CCN(C(=O)O)CC1. The maximum Gasteiger partial charge on any atom is 0.407 e. The molecule has 0 aromatic rings. The van der Waals surface area contributed by atoms with Crippen LogP contribution < -0.4 is 0 Å². The Morgan fingerprint density at radius 1 is 1.39 bits per heavy atom. The van der Waals surface area contributed by atoms with Gasteiger partial charge in [0.1, 0.15) is 0 Å². The minimum absolute atomic E-state index is 0.0162. The van der Waals surface area contributed by atoms with Crippen molar-refractivity contribution in [3.05, 3.63) is 0 Å². The van der Waals surface area contributed by atoms with E-state index in [0.29, 0.717) is 32.0 Å². The molecule has 1 rings (SSSR count). The first-order valence-electron chi connectivity index (χ1n) is 6.42. The summed E-state index contributed by atoms with van der Waals surface area (Å²) in [7, 11) is 1.62. The molecule has 0 radical (unpaired) electrons. The van der Waals surface area contributed by atoms with Crippen LogP contribution in [0.1, 0.15) is 32.6 Å². The molecule has 0 atom stereocenters. The van der Waals surface area contributed by atoms with Crippen LogP contribution in [0.5, 0.6) is 0 Å². The summed E-state index contributed by atoms with van der Waals surface area (Å²) in [6, 6.07) is 0. The van der Waals surface area contributed by atoms with Gasteiger partial charge in [-0.25, -0.2) is 9.86 Å². The fourth-order valence-corrected chi connectivity index (χ4v) is 2.16. The molecular weight excluding hydrogens is 236 g/mol. The Morgan fingerprint density at radius 2 is 2.00 bits per heavy atom. The van der Waals surface area contributed by atoms with Crippen molar-refractivity contribution in [1.82, 2.24) is 9.96 Å². The van der Waals surface area contributed by atoms with Crippen molar-refractivity contribution in [1.29, 1.82) is 0 Å². The molecule has 1 aliphatic rings. The zero-order valence-electron chi connectivity index (χ0n) is 11.1. The number of likely N-dealkylation sites (tertiary alicyclic amines) is 1. The first-order chi connectivity index (χ1) is 8.54. The summed E-state index contributed by atoms with van der Waals surface area (Å²) < 4.78 is 0. The molecule has 0 aliphatic carbocycles. The average molecular weight is 258 g/mol. The zero-order valence-corrected chi connectivity index (χ0v) is 11.1. The predicted molar refractivity (Wildman–Crippen MR) is 66.0 cm³/mol. The highest BCUT2D eigenvalue weighted by atomic mass is 16.7. The first kappa shape index (κ1) is 14.8. The molecule has 0 spiro atoms. The normalized spacial score (nSPS) is 16.7. The van der Waals surface area contributed by atoms with Gasteiger partial charge in [0.25, 0.3) is 0 Å². The van der Waals surface area contributed by atoms with Gasteiger partial charge in [-0.3, -0.25) is 9.63 Å². The van der Waals surface area contributed by atoms with E-state index in [9.17, 15) is 9.59 Å². The molecule has 104 valence electrons. The van der Waals surface area contributed by atoms with Gasteiger partial charge in [0.05, 0.1) is 6.61 Å². The Labute approximate surface area is 107 Å². The van der Waals surface area contributed by atoms with E-state index < -0.39 is 6.09 Å². The lowest BCUT2D eigenvalue weighted by atomic mass is 9.92. The Morgan fingerprint density at radius 3 is 2.50 bits per heavy atom. The number of carbonyl (C=O) groups is 2. The van der Waals surface area contributed by atoms with Gasteiger partial charge < -0.3 is 10.0 Å². The molecule has 18 heavy (non-hydrogen) atoms. The van der Waals surface area contributed by atoms with Gasteiger partial charge in [-0.15, -0.1) is 0 Å². The molecule has 0 unspecified atom stereocenters. The summed E-state index contributed by atoms with van der Waals surface area (Å²) in [6.45, 7) is 3.48. The zero-order chi connectivity index (χ0) is 13.5. The van der Waals surface area contributed by atoms with Crippen LogP contribution >= 0.6 is 0 Å². The van der Waals surface area contributed by atoms with E-state index in [-0.39, 0.29) is 5.91 Å². The van der Waals surface area contributed by atoms with E-state index in [0.717, 1.165) is 19.3 Å². The topological polar surface area (TPSA) is 70.1 Å². The maximum absolute atomic E-state index is 11.6. The van der Waals surface area contributed by atoms with Crippen LogP contribution in [0, 0.1) is 5.92 Å². The van der Waals surface area contributed by atoms with E-state index >= 15 is 0 Å². The largest absolute Gasteiger partial charge is 0.465 e. The van der Waals surface area contributed by atoms with Gasteiger partial charge >= 0.3 is 6.09 Å². The number of carbonyl (C=O) groups excluding carboxylic acids is 1. The highest BCUT2D eigenvalue weighted by Crippen LogP contribution is 2.22. The summed E-state index contributed by atoms with van der Waals surface area (Å²) in [5, 5.41) is 10.1. The molecule has 1 heterocycles. The lowest BCUT2D eigenvalue weighted by Crippen LogP contribution is -2.37. The Bertz CT molecular complexity index is 288. The van der Waals surface area contributed by atoms with Gasteiger partial charge in [-0.05, 0) is 32.1 Å². The maximum atomic E-state index is 11.6. The van der Waals surface area contributed by atoms with Crippen LogP contribution in [-0.4, -0.2) is 53.8 Å². The van der Waals surface area contributed by atoms with Crippen LogP contribution in [0.15, 0.2) is 0 Å². The number of amides is 2. The van der Waals surface area contributed by atoms with Crippen LogP contribution in [0.25, 0.3) is 0 Å². The summed E-state index contributed by atoms with van der Waals surface area (Å²) in [6.07, 6.45) is 2.12. The van der Waals surface area contributed by atoms with Crippen molar-refractivity contribution in [2.75, 3.05) is 26.7 Å². The molecule has 0 aromatic carbocycles.